The zero-order valence-corrected chi connectivity index (χ0v) is 13.1. The van der Waals surface area contributed by atoms with Crippen LogP contribution in [-0.4, -0.2) is 36.3 Å². The van der Waals surface area contributed by atoms with Crippen molar-refractivity contribution in [2.75, 3.05) is 31.7 Å². The van der Waals surface area contributed by atoms with Gasteiger partial charge in [-0.25, -0.2) is 4.98 Å². The zero-order valence-electron chi connectivity index (χ0n) is 13.1. The summed E-state index contributed by atoms with van der Waals surface area (Å²) in [7, 11) is 0. The maximum Gasteiger partial charge on any atom is 0.218 e. The fourth-order valence-electron chi connectivity index (χ4n) is 1.61. The number of hydrogen-bond donors (Lipinski definition) is 1. The molecule has 114 valence electrons. The minimum atomic E-state index is 0.282. The number of rotatable bonds is 10. The summed E-state index contributed by atoms with van der Waals surface area (Å²) >= 11 is 0. The van der Waals surface area contributed by atoms with Crippen molar-refractivity contribution in [1.82, 2.24) is 9.97 Å². The van der Waals surface area contributed by atoms with E-state index in [0.717, 1.165) is 44.2 Å². The van der Waals surface area contributed by atoms with Gasteiger partial charge in [0, 0.05) is 31.7 Å². The van der Waals surface area contributed by atoms with Crippen LogP contribution in [0.3, 0.4) is 0 Å². The summed E-state index contributed by atoms with van der Waals surface area (Å²) < 4.78 is 10.9. The van der Waals surface area contributed by atoms with E-state index in [1.165, 1.54) is 0 Å². The molecule has 20 heavy (non-hydrogen) atoms. The molecule has 0 fully saturated rings. The second kappa shape index (κ2) is 9.53. The lowest BCUT2D eigenvalue weighted by Crippen LogP contribution is -2.10. The Bertz CT molecular complexity index is 383. The van der Waals surface area contributed by atoms with Gasteiger partial charge in [0.05, 0.1) is 6.61 Å². The van der Waals surface area contributed by atoms with E-state index in [2.05, 4.69) is 36.1 Å². The maximum absolute atomic E-state index is 5.62. The quantitative estimate of drug-likeness (QED) is 0.667. The molecule has 0 aromatic carbocycles. The van der Waals surface area contributed by atoms with E-state index in [-0.39, 0.29) is 5.92 Å². The van der Waals surface area contributed by atoms with E-state index in [1.807, 2.05) is 13.0 Å². The first-order valence-electron chi connectivity index (χ1n) is 7.50. The first-order chi connectivity index (χ1) is 9.67. The molecule has 1 rings (SSSR count). The average Bonchev–Trinajstić information content (AvgIpc) is 2.44. The summed E-state index contributed by atoms with van der Waals surface area (Å²) in [6.45, 7) is 11.3. The smallest absolute Gasteiger partial charge is 0.218 e. The molecule has 0 saturated heterocycles. The summed E-state index contributed by atoms with van der Waals surface area (Å²) in [5.74, 6) is 2.57. The van der Waals surface area contributed by atoms with Gasteiger partial charge in [-0.1, -0.05) is 20.8 Å². The van der Waals surface area contributed by atoms with Crippen LogP contribution in [0.4, 0.5) is 5.82 Å². The van der Waals surface area contributed by atoms with Crippen molar-refractivity contribution in [2.45, 2.75) is 46.5 Å². The second-order valence-electron chi connectivity index (χ2n) is 4.93. The second-order valence-corrected chi connectivity index (χ2v) is 4.93. The Morgan fingerprint density at radius 1 is 1.20 bits per heavy atom. The van der Waals surface area contributed by atoms with Gasteiger partial charge in [0.25, 0.3) is 0 Å². The highest BCUT2D eigenvalue weighted by atomic mass is 16.5. The molecule has 1 aromatic rings. The summed E-state index contributed by atoms with van der Waals surface area (Å²) in [5, 5.41) is 3.30. The van der Waals surface area contributed by atoms with Gasteiger partial charge in [-0.2, -0.15) is 4.98 Å². The molecule has 0 bridgehead atoms. The molecule has 1 aromatic heterocycles. The van der Waals surface area contributed by atoms with E-state index in [1.54, 1.807) is 0 Å². The monoisotopic (exact) mass is 281 g/mol. The van der Waals surface area contributed by atoms with Gasteiger partial charge in [0.15, 0.2) is 0 Å². The minimum Gasteiger partial charge on any atom is -0.478 e. The maximum atomic E-state index is 5.62. The standard InChI is InChI=1S/C15H27N3O2/c1-5-9-20-14-11-13(16-8-7-10-19-6-2)17-15(18-14)12(3)4/h11-12H,5-10H2,1-4H3,(H,16,17,18). The Kier molecular flexibility index (Phi) is 7.95. The molecule has 5 heteroatoms. The van der Waals surface area contributed by atoms with Gasteiger partial charge in [0.2, 0.25) is 5.88 Å². The van der Waals surface area contributed by atoms with Gasteiger partial charge in [-0.15, -0.1) is 0 Å². The fourth-order valence-corrected chi connectivity index (χ4v) is 1.61. The molecule has 5 nitrogen and oxygen atoms in total. The van der Waals surface area contributed by atoms with Crippen LogP contribution >= 0.6 is 0 Å². The van der Waals surface area contributed by atoms with Crippen molar-refractivity contribution < 1.29 is 9.47 Å². The first kappa shape index (κ1) is 16.7. The lowest BCUT2D eigenvalue weighted by Gasteiger charge is -2.12. The Balaban J connectivity index is 2.60. The van der Waals surface area contributed by atoms with Crippen LogP contribution < -0.4 is 10.1 Å². The third kappa shape index (κ3) is 6.19. The van der Waals surface area contributed by atoms with Crippen molar-refractivity contribution in [1.29, 1.82) is 0 Å². The van der Waals surface area contributed by atoms with Crippen molar-refractivity contribution in [3.8, 4) is 5.88 Å². The number of anilines is 1. The Morgan fingerprint density at radius 2 is 2.00 bits per heavy atom. The molecule has 0 spiro atoms. The molecule has 0 aliphatic rings. The molecule has 0 aliphatic carbocycles. The fraction of sp³-hybridized carbons (Fsp3) is 0.733. The molecular weight excluding hydrogens is 254 g/mol. The van der Waals surface area contributed by atoms with Gasteiger partial charge in [-0.3, -0.25) is 0 Å². The predicted molar refractivity (Wildman–Crippen MR) is 81.5 cm³/mol. The number of nitrogens with zero attached hydrogens (tertiary/aromatic N) is 2. The van der Waals surface area contributed by atoms with Crippen LogP contribution in [0.1, 0.15) is 52.3 Å². The third-order valence-electron chi connectivity index (χ3n) is 2.67. The van der Waals surface area contributed by atoms with Crippen molar-refractivity contribution in [3.63, 3.8) is 0 Å². The topological polar surface area (TPSA) is 56.3 Å². The lowest BCUT2D eigenvalue weighted by molar-refractivity contribution is 0.147. The normalized spacial score (nSPS) is 10.8. The highest BCUT2D eigenvalue weighted by molar-refractivity contribution is 5.38. The molecule has 1 heterocycles. The third-order valence-corrected chi connectivity index (χ3v) is 2.67. The molecule has 0 saturated carbocycles. The van der Waals surface area contributed by atoms with E-state index >= 15 is 0 Å². The number of ether oxygens (including phenoxy) is 2. The summed E-state index contributed by atoms with van der Waals surface area (Å²) in [6, 6.07) is 1.86. The molecule has 0 atom stereocenters. The van der Waals surface area contributed by atoms with Crippen LogP contribution in [0.5, 0.6) is 5.88 Å². The van der Waals surface area contributed by atoms with E-state index in [0.29, 0.717) is 12.5 Å². The molecule has 0 radical (unpaired) electrons. The lowest BCUT2D eigenvalue weighted by atomic mass is 10.2. The highest BCUT2D eigenvalue weighted by Gasteiger charge is 2.08. The minimum absolute atomic E-state index is 0.282. The van der Waals surface area contributed by atoms with E-state index < -0.39 is 0 Å². The highest BCUT2D eigenvalue weighted by Crippen LogP contribution is 2.18. The number of aromatic nitrogens is 2. The van der Waals surface area contributed by atoms with Crippen LogP contribution in [0.25, 0.3) is 0 Å². The number of nitrogens with one attached hydrogen (secondary N) is 1. The summed E-state index contributed by atoms with van der Waals surface area (Å²) in [6.07, 6.45) is 1.93. The van der Waals surface area contributed by atoms with Crippen LogP contribution in [0.2, 0.25) is 0 Å². The Morgan fingerprint density at radius 3 is 2.65 bits per heavy atom. The van der Waals surface area contributed by atoms with E-state index in [9.17, 15) is 0 Å². The van der Waals surface area contributed by atoms with Gasteiger partial charge in [0.1, 0.15) is 11.6 Å². The van der Waals surface area contributed by atoms with Crippen LogP contribution in [0, 0.1) is 0 Å². The summed E-state index contributed by atoms with van der Waals surface area (Å²) in [5.41, 5.74) is 0. The molecular formula is C15H27N3O2. The van der Waals surface area contributed by atoms with Gasteiger partial charge in [-0.05, 0) is 19.8 Å². The first-order valence-corrected chi connectivity index (χ1v) is 7.50. The molecule has 0 amide bonds. The van der Waals surface area contributed by atoms with E-state index in [4.69, 9.17) is 9.47 Å². The Labute approximate surface area is 122 Å². The van der Waals surface area contributed by atoms with Crippen molar-refractivity contribution in [3.05, 3.63) is 11.9 Å². The van der Waals surface area contributed by atoms with Crippen LogP contribution in [-0.2, 0) is 4.74 Å². The van der Waals surface area contributed by atoms with Gasteiger partial charge < -0.3 is 14.8 Å². The van der Waals surface area contributed by atoms with Crippen LogP contribution in [0.15, 0.2) is 6.07 Å². The molecule has 1 N–H and O–H groups in total. The predicted octanol–water partition coefficient (Wildman–Crippen LogP) is 3.23. The van der Waals surface area contributed by atoms with Crippen molar-refractivity contribution in [2.24, 2.45) is 0 Å². The zero-order chi connectivity index (χ0) is 14.8. The van der Waals surface area contributed by atoms with Crippen molar-refractivity contribution >= 4 is 5.82 Å². The SMILES string of the molecule is CCCOc1cc(NCCCOCC)nc(C(C)C)n1. The largest absolute Gasteiger partial charge is 0.478 e. The molecule has 0 unspecified atom stereocenters. The average molecular weight is 281 g/mol. The Hall–Kier alpha value is -1.36. The summed E-state index contributed by atoms with van der Waals surface area (Å²) in [4.78, 5) is 8.95. The van der Waals surface area contributed by atoms with Gasteiger partial charge >= 0.3 is 0 Å². The number of hydrogen-bond acceptors (Lipinski definition) is 5. The molecule has 0 aliphatic heterocycles.